The first-order chi connectivity index (χ1) is 11.1. The highest BCUT2D eigenvalue weighted by Gasteiger charge is 2.15. The molecule has 1 aliphatic heterocycles. The van der Waals surface area contributed by atoms with Crippen molar-refractivity contribution in [2.75, 3.05) is 31.6 Å². The molecule has 1 atom stereocenters. The summed E-state index contributed by atoms with van der Waals surface area (Å²) in [5.41, 5.74) is 1.56. The van der Waals surface area contributed by atoms with Gasteiger partial charge in [0.05, 0.1) is 6.10 Å². The molecule has 0 aromatic heterocycles. The van der Waals surface area contributed by atoms with Gasteiger partial charge in [-0.05, 0) is 63.2 Å². The lowest BCUT2D eigenvalue weighted by atomic mass is 10.2. The Bertz CT molecular complexity index is 523. The minimum Gasteiger partial charge on any atom is -0.376 e. The number of amides is 1. The van der Waals surface area contributed by atoms with Gasteiger partial charge in [-0.2, -0.15) is 0 Å². The third kappa shape index (κ3) is 5.18. The van der Waals surface area contributed by atoms with Crippen molar-refractivity contribution in [2.45, 2.75) is 32.8 Å². The van der Waals surface area contributed by atoms with Gasteiger partial charge in [0, 0.05) is 37.5 Å². The van der Waals surface area contributed by atoms with Gasteiger partial charge in [0.1, 0.15) is 0 Å². The normalized spacial score (nSPS) is 16.9. The number of hydrogen-bond donors (Lipinski definition) is 2. The minimum atomic E-state index is 0.0561. The van der Waals surface area contributed by atoms with Crippen LogP contribution in [0.5, 0.6) is 0 Å². The number of nitrogens with zero attached hydrogens (tertiary/aromatic N) is 1. The van der Waals surface area contributed by atoms with E-state index in [1.54, 1.807) is 4.90 Å². The molecule has 1 heterocycles. The zero-order valence-corrected chi connectivity index (χ0v) is 14.6. The zero-order chi connectivity index (χ0) is 16.7. The first-order valence-electron chi connectivity index (χ1n) is 8.19. The number of nitrogens with one attached hydrogen (secondary N) is 2. The van der Waals surface area contributed by atoms with E-state index >= 15 is 0 Å². The number of hydrogen-bond acceptors (Lipinski definition) is 3. The summed E-state index contributed by atoms with van der Waals surface area (Å²) in [6, 6.07) is 7.39. The van der Waals surface area contributed by atoms with Crippen LogP contribution >= 0.6 is 12.2 Å². The van der Waals surface area contributed by atoms with Gasteiger partial charge in [-0.1, -0.05) is 0 Å². The van der Waals surface area contributed by atoms with E-state index in [2.05, 4.69) is 10.6 Å². The molecule has 23 heavy (non-hydrogen) atoms. The molecule has 5 nitrogen and oxygen atoms in total. The molecule has 6 heteroatoms. The van der Waals surface area contributed by atoms with Gasteiger partial charge in [-0.15, -0.1) is 0 Å². The van der Waals surface area contributed by atoms with Crippen LogP contribution in [-0.4, -0.2) is 48.3 Å². The Hall–Kier alpha value is -1.66. The molecule has 1 aromatic carbocycles. The van der Waals surface area contributed by atoms with E-state index in [4.69, 9.17) is 17.0 Å². The van der Waals surface area contributed by atoms with Crippen LogP contribution in [0.25, 0.3) is 0 Å². The summed E-state index contributed by atoms with van der Waals surface area (Å²) in [7, 11) is 0. The molecule has 1 saturated heterocycles. The van der Waals surface area contributed by atoms with E-state index in [9.17, 15) is 4.79 Å². The first-order valence-corrected chi connectivity index (χ1v) is 8.60. The molecule has 0 spiro atoms. The summed E-state index contributed by atoms with van der Waals surface area (Å²) in [5.74, 6) is 0.0561. The fourth-order valence-electron chi connectivity index (χ4n) is 2.58. The van der Waals surface area contributed by atoms with Crippen molar-refractivity contribution in [1.82, 2.24) is 10.2 Å². The second-order valence-corrected chi connectivity index (χ2v) is 5.93. The van der Waals surface area contributed by atoms with Gasteiger partial charge in [-0.25, -0.2) is 0 Å². The van der Waals surface area contributed by atoms with Crippen LogP contribution in [0.4, 0.5) is 5.69 Å². The van der Waals surface area contributed by atoms with Crippen molar-refractivity contribution in [3.63, 3.8) is 0 Å². The Labute approximate surface area is 143 Å². The van der Waals surface area contributed by atoms with E-state index in [-0.39, 0.29) is 12.0 Å². The Balaban J connectivity index is 1.84. The standard InChI is InChI=1S/C17H25N3O2S/c1-3-20(4-2)16(21)13-7-9-14(10-8-13)19-17(23)18-12-15-6-5-11-22-15/h7-10,15H,3-6,11-12H2,1-2H3,(H2,18,19,23). The molecule has 0 radical (unpaired) electrons. The molecule has 0 bridgehead atoms. The predicted octanol–water partition coefficient (Wildman–Crippen LogP) is 2.63. The van der Waals surface area contributed by atoms with Crippen molar-refractivity contribution < 1.29 is 9.53 Å². The Morgan fingerprint density at radius 2 is 2.00 bits per heavy atom. The number of thiocarbonyl (C=S) groups is 1. The summed E-state index contributed by atoms with van der Waals surface area (Å²) >= 11 is 5.28. The molecule has 1 fully saturated rings. The van der Waals surface area contributed by atoms with Crippen LogP contribution in [0.15, 0.2) is 24.3 Å². The average Bonchev–Trinajstić information content (AvgIpc) is 3.08. The molecule has 0 aliphatic carbocycles. The number of carbonyl (C=O) groups is 1. The summed E-state index contributed by atoms with van der Waals surface area (Å²) in [5, 5.41) is 6.87. The van der Waals surface area contributed by atoms with Crippen molar-refractivity contribution in [2.24, 2.45) is 0 Å². The third-order valence-corrected chi connectivity index (χ3v) is 4.20. The largest absolute Gasteiger partial charge is 0.376 e. The molecule has 126 valence electrons. The van der Waals surface area contributed by atoms with Gasteiger partial charge < -0.3 is 20.3 Å². The molecule has 1 amide bonds. The molecular weight excluding hydrogens is 310 g/mol. The van der Waals surface area contributed by atoms with Gasteiger partial charge in [0.2, 0.25) is 0 Å². The average molecular weight is 335 g/mol. The molecule has 2 rings (SSSR count). The highest BCUT2D eigenvalue weighted by molar-refractivity contribution is 7.80. The highest BCUT2D eigenvalue weighted by Crippen LogP contribution is 2.13. The van der Waals surface area contributed by atoms with Crippen LogP contribution < -0.4 is 10.6 Å². The van der Waals surface area contributed by atoms with E-state index in [0.29, 0.717) is 23.8 Å². The van der Waals surface area contributed by atoms with E-state index in [1.807, 2.05) is 38.1 Å². The quantitative estimate of drug-likeness (QED) is 0.783. The topological polar surface area (TPSA) is 53.6 Å². The van der Waals surface area contributed by atoms with Crippen LogP contribution in [0.2, 0.25) is 0 Å². The first kappa shape index (κ1) is 17.7. The molecule has 0 saturated carbocycles. The maximum atomic E-state index is 12.2. The van der Waals surface area contributed by atoms with Gasteiger partial charge in [-0.3, -0.25) is 4.79 Å². The van der Waals surface area contributed by atoms with Crippen LogP contribution in [0.3, 0.4) is 0 Å². The van der Waals surface area contributed by atoms with E-state index in [0.717, 1.165) is 31.7 Å². The smallest absolute Gasteiger partial charge is 0.253 e. The fraction of sp³-hybridized carbons (Fsp3) is 0.529. The number of ether oxygens (including phenoxy) is 1. The molecule has 1 unspecified atom stereocenters. The molecule has 1 aliphatic rings. The molecular formula is C17H25N3O2S. The second kappa shape index (κ2) is 8.84. The number of carbonyl (C=O) groups excluding carboxylic acids is 1. The van der Waals surface area contributed by atoms with Gasteiger partial charge in [0.15, 0.2) is 5.11 Å². The Morgan fingerprint density at radius 1 is 1.30 bits per heavy atom. The van der Waals surface area contributed by atoms with Crippen LogP contribution in [-0.2, 0) is 4.74 Å². The van der Waals surface area contributed by atoms with Crippen molar-refractivity contribution in [1.29, 1.82) is 0 Å². The monoisotopic (exact) mass is 335 g/mol. The lowest BCUT2D eigenvalue weighted by Crippen LogP contribution is -2.34. The Morgan fingerprint density at radius 3 is 2.57 bits per heavy atom. The van der Waals surface area contributed by atoms with E-state index in [1.165, 1.54) is 0 Å². The second-order valence-electron chi connectivity index (χ2n) is 5.52. The number of rotatable bonds is 6. The third-order valence-electron chi connectivity index (χ3n) is 3.95. The van der Waals surface area contributed by atoms with Gasteiger partial charge in [0.25, 0.3) is 5.91 Å². The summed E-state index contributed by atoms with van der Waals surface area (Å²) in [6.07, 6.45) is 2.45. The maximum absolute atomic E-state index is 12.2. The summed E-state index contributed by atoms with van der Waals surface area (Å²) in [6.45, 7) is 6.96. The van der Waals surface area contributed by atoms with Crippen LogP contribution in [0.1, 0.15) is 37.0 Å². The molecule has 1 aromatic rings. The lowest BCUT2D eigenvalue weighted by Gasteiger charge is -2.19. The predicted molar refractivity (Wildman–Crippen MR) is 96.9 cm³/mol. The highest BCUT2D eigenvalue weighted by atomic mass is 32.1. The minimum absolute atomic E-state index is 0.0561. The van der Waals surface area contributed by atoms with Gasteiger partial charge >= 0.3 is 0 Å². The lowest BCUT2D eigenvalue weighted by molar-refractivity contribution is 0.0773. The maximum Gasteiger partial charge on any atom is 0.253 e. The SMILES string of the molecule is CCN(CC)C(=O)c1ccc(NC(=S)NCC2CCCO2)cc1. The zero-order valence-electron chi connectivity index (χ0n) is 13.8. The molecule has 2 N–H and O–H groups in total. The summed E-state index contributed by atoms with van der Waals surface area (Å²) < 4.78 is 5.55. The van der Waals surface area contributed by atoms with Crippen molar-refractivity contribution in [3.05, 3.63) is 29.8 Å². The number of anilines is 1. The Kier molecular flexibility index (Phi) is 6.80. The summed E-state index contributed by atoms with van der Waals surface area (Å²) in [4.78, 5) is 14.0. The van der Waals surface area contributed by atoms with Crippen molar-refractivity contribution in [3.8, 4) is 0 Å². The van der Waals surface area contributed by atoms with E-state index < -0.39 is 0 Å². The fourth-order valence-corrected chi connectivity index (χ4v) is 2.78. The van der Waals surface area contributed by atoms with Crippen molar-refractivity contribution >= 4 is 28.9 Å². The van der Waals surface area contributed by atoms with Crippen LogP contribution in [0, 0.1) is 0 Å². The number of benzene rings is 1.